The SMILES string of the molecule is CN=C(NCCCc1ccc(C(F)(F)F)cc1)SCc1ccc2c(c1)CC(=O)N2. The zero-order chi connectivity index (χ0) is 20.9. The van der Waals surface area contributed by atoms with E-state index in [1.54, 1.807) is 18.8 Å². The Balaban J connectivity index is 1.41. The largest absolute Gasteiger partial charge is 0.416 e. The molecular weight excluding hydrogens is 399 g/mol. The molecule has 0 saturated heterocycles. The van der Waals surface area contributed by atoms with Gasteiger partial charge in [-0.3, -0.25) is 9.79 Å². The Kier molecular flexibility index (Phi) is 6.84. The summed E-state index contributed by atoms with van der Waals surface area (Å²) in [4.78, 5) is 15.7. The molecule has 2 aromatic carbocycles. The van der Waals surface area contributed by atoms with Gasteiger partial charge >= 0.3 is 6.18 Å². The van der Waals surface area contributed by atoms with Gasteiger partial charge in [-0.05, 0) is 47.7 Å². The van der Waals surface area contributed by atoms with Gasteiger partial charge in [0.15, 0.2) is 5.17 Å². The number of nitrogens with one attached hydrogen (secondary N) is 2. The third-order valence-corrected chi connectivity index (χ3v) is 5.65. The van der Waals surface area contributed by atoms with E-state index in [0.717, 1.165) is 51.9 Å². The first kappa shape index (κ1) is 21.2. The maximum Gasteiger partial charge on any atom is 0.416 e. The van der Waals surface area contributed by atoms with Gasteiger partial charge in [-0.15, -0.1) is 0 Å². The van der Waals surface area contributed by atoms with E-state index in [9.17, 15) is 18.0 Å². The van der Waals surface area contributed by atoms with Gasteiger partial charge < -0.3 is 10.6 Å². The first-order valence-electron chi connectivity index (χ1n) is 9.26. The lowest BCUT2D eigenvalue weighted by molar-refractivity contribution is -0.137. The minimum absolute atomic E-state index is 0.0234. The zero-order valence-electron chi connectivity index (χ0n) is 16.0. The number of amidine groups is 1. The molecule has 154 valence electrons. The number of fused-ring (bicyclic) bond motifs is 1. The predicted octanol–water partition coefficient (Wildman–Crippen LogP) is 4.64. The minimum atomic E-state index is -4.30. The minimum Gasteiger partial charge on any atom is -0.365 e. The van der Waals surface area contributed by atoms with Crippen molar-refractivity contribution in [3.63, 3.8) is 0 Å². The molecule has 0 bridgehead atoms. The van der Waals surface area contributed by atoms with E-state index in [2.05, 4.69) is 15.6 Å². The van der Waals surface area contributed by atoms with E-state index in [1.807, 2.05) is 18.2 Å². The molecule has 3 rings (SSSR count). The second-order valence-corrected chi connectivity index (χ2v) is 7.72. The molecule has 2 aromatic rings. The predicted molar refractivity (Wildman–Crippen MR) is 111 cm³/mol. The van der Waals surface area contributed by atoms with Crippen molar-refractivity contribution in [1.82, 2.24) is 5.32 Å². The van der Waals surface area contributed by atoms with E-state index < -0.39 is 11.7 Å². The maximum atomic E-state index is 12.6. The van der Waals surface area contributed by atoms with Crippen molar-refractivity contribution in [2.45, 2.75) is 31.2 Å². The van der Waals surface area contributed by atoms with Gasteiger partial charge in [0.05, 0.1) is 12.0 Å². The van der Waals surface area contributed by atoms with Crippen LogP contribution in [0.25, 0.3) is 0 Å². The van der Waals surface area contributed by atoms with E-state index >= 15 is 0 Å². The lowest BCUT2D eigenvalue weighted by Gasteiger charge is -2.10. The van der Waals surface area contributed by atoms with E-state index in [-0.39, 0.29) is 5.91 Å². The van der Waals surface area contributed by atoms with E-state index in [1.165, 1.54) is 12.1 Å². The van der Waals surface area contributed by atoms with Gasteiger partial charge in [-0.1, -0.05) is 36.0 Å². The normalized spacial score (nSPS) is 13.9. The number of hydrogen-bond acceptors (Lipinski definition) is 3. The average Bonchev–Trinajstić information content (AvgIpc) is 3.06. The number of thioether (sulfide) groups is 1. The summed E-state index contributed by atoms with van der Waals surface area (Å²) < 4.78 is 37.8. The number of benzene rings is 2. The highest BCUT2D eigenvalue weighted by Gasteiger charge is 2.29. The summed E-state index contributed by atoms with van der Waals surface area (Å²) in [5.74, 6) is 0.760. The molecular formula is C21H22F3N3OS. The second-order valence-electron chi connectivity index (χ2n) is 6.76. The second kappa shape index (κ2) is 9.35. The van der Waals surface area contributed by atoms with Crippen molar-refractivity contribution >= 4 is 28.5 Å². The molecule has 0 aliphatic carbocycles. The van der Waals surface area contributed by atoms with Crippen LogP contribution >= 0.6 is 11.8 Å². The van der Waals surface area contributed by atoms with Crippen LogP contribution in [0.2, 0.25) is 0 Å². The van der Waals surface area contributed by atoms with Crippen LogP contribution in [0.5, 0.6) is 0 Å². The summed E-state index contributed by atoms with van der Waals surface area (Å²) in [6.45, 7) is 0.684. The topological polar surface area (TPSA) is 53.5 Å². The highest BCUT2D eigenvalue weighted by atomic mass is 32.2. The van der Waals surface area contributed by atoms with Crippen LogP contribution in [0.4, 0.5) is 18.9 Å². The van der Waals surface area contributed by atoms with Crippen LogP contribution in [0, 0.1) is 0 Å². The Bertz CT molecular complexity index is 895. The Morgan fingerprint density at radius 3 is 2.59 bits per heavy atom. The molecule has 1 amide bonds. The zero-order valence-corrected chi connectivity index (χ0v) is 16.8. The van der Waals surface area contributed by atoms with E-state index in [4.69, 9.17) is 0 Å². The molecule has 1 aliphatic rings. The highest BCUT2D eigenvalue weighted by Crippen LogP contribution is 2.29. The van der Waals surface area contributed by atoms with Gasteiger partial charge in [0.1, 0.15) is 0 Å². The molecule has 0 saturated carbocycles. The van der Waals surface area contributed by atoms with Crippen LogP contribution in [0.15, 0.2) is 47.5 Å². The number of aliphatic imine (C=N–C) groups is 1. The molecule has 1 heterocycles. The van der Waals surface area contributed by atoms with Crippen LogP contribution in [0.1, 0.15) is 28.7 Å². The monoisotopic (exact) mass is 421 g/mol. The van der Waals surface area contributed by atoms with Crippen molar-refractivity contribution in [1.29, 1.82) is 0 Å². The van der Waals surface area contributed by atoms with Gasteiger partial charge in [-0.25, -0.2) is 0 Å². The number of anilines is 1. The molecule has 0 aromatic heterocycles. The summed E-state index contributed by atoms with van der Waals surface area (Å²) in [5, 5.41) is 6.90. The van der Waals surface area contributed by atoms with Crippen LogP contribution in [-0.4, -0.2) is 24.7 Å². The Morgan fingerprint density at radius 2 is 1.90 bits per heavy atom. The summed E-state index contributed by atoms with van der Waals surface area (Å²) in [6.07, 6.45) is -2.39. The van der Waals surface area contributed by atoms with Crippen LogP contribution in [0.3, 0.4) is 0 Å². The van der Waals surface area contributed by atoms with Gasteiger partial charge in [-0.2, -0.15) is 13.2 Å². The lowest BCUT2D eigenvalue weighted by atomic mass is 10.1. The highest BCUT2D eigenvalue weighted by molar-refractivity contribution is 8.13. The molecule has 0 spiro atoms. The summed E-state index contributed by atoms with van der Waals surface area (Å²) in [6, 6.07) is 11.3. The number of alkyl halides is 3. The smallest absolute Gasteiger partial charge is 0.365 e. The van der Waals surface area contributed by atoms with Gasteiger partial charge in [0.25, 0.3) is 0 Å². The Labute approximate surface area is 172 Å². The molecule has 2 N–H and O–H groups in total. The van der Waals surface area contributed by atoms with Crippen molar-refractivity contribution in [3.8, 4) is 0 Å². The van der Waals surface area contributed by atoms with Crippen molar-refractivity contribution < 1.29 is 18.0 Å². The molecule has 1 aliphatic heterocycles. The van der Waals surface area contributed by atoms with Crippen LogP contribution in [-0.2, 0) is 29.6 Å². The number of rotatable bonds is 6. The number of aryl methyl sites for hydroxylation is 1. The van der Waals surface area contributed by atoms with Crippen molar-refractivity contribution in [2.75, 3.05) is 18.9 Å². The standard InChI is InChI=1S/C21H22F3N3OS/c1-25-20(29-13-15-6-9-18-16(11-15)12-19(28)27-18)26-10-2-3-14-4-7-17(8-5-14)21(22,23)24/h4-9,11H,2-3,10,12-13H2,1H3,(H,25,26)(H,27,28). The maximum absolute atomic E-state index is 12.6. The van der Waals surface area contributed by atoms with Crippen LogP contribution < -0.4 is 10.6 Å². The third kappa shape index (κ3) is 6.00. The fourth-order valence-electron chi connectivity index (χ4n) is 3.07. The fourth-order valence-corrected chi connectivity index (χ4v) is 3.88. The van der Waals surface area contributed by atoms with Crippen molar-refractivity contribution in [2.24, 2.45) is 4.99 Å². The molecule has 4 nitrogen and oxygen atoms in total. The first-order valence-corrected chi connectivity index (χ1v) is 10.2. The molecule has 0 atom stereocenters. The molecule has 0 radical (unpaired) electrons. The van der Waals surface area contributed by atoms with Crippen molar-refractivity contribution in [3.05, 3.63) is 64.7 Å². The molecule has 8 heteroatoms. The number of halogens is 3. The quantitative estimate of drug-likeness (QED) is 0.406. The lowest BCUT2D eigenvalue weighted by Crippen LogP contribution is -2.22. The number of carbonyl (C=O) groups is 1. The first-order chi connectivity index (χ1) is 13.8. The molecule has 29 heavy (non-hydrogen) atoms. The number of carbonyl (C=O) groups excluding carboxylic acids is 1. The Morgan fingerprint density at radius 1 is 1.17 bits per heavy atom. The van der Waals surface area contributed by atoms with Gasteiger partial charge in [0, 0.05) is 25.0 Å². The summed E-state index contributed by atoms with van der Waals surface area (Å²) >= 11 is 1.58. The van der Waals surface area contributed by atoms with E-state index in [0.29, 0.717) is 19.4 Å². The summed E-state index contributed by atoms with van der Waals surface area (Å²) in [7, 11) is 1.72. The number of nitrogens with zero attached hydrogens (tertiary/aromatic N) is 1. The van der Waals surface area contributed by atoms with Gasteiger partial charge in [0.2, 0.25) is 5.91 Å². The third-order valence-electron chi connectivity index (χ3n) is 4.57. The number of amides is 1. The fraction of sp³-hybridized carbons (Fsp3) is 0.333. The molecule has 0 unspecified atom stereocenters. The summed E-state index contributed by atoms with van der Waals surface area (Å²) in [5.41, 5.74) is 3.28. The average molecular weight is 421 g/mol. The molecule has 0 fully saturated rings. The Hall–Kier alpha value is -2.48. The number of hydrogen-bond donors (Lipinski definition) is 2.